The average Bonchev–Trinajstić information content (AvgIpc) is 3.77. The van der Waals surface area contributed by atoms with Crippen LogP contribution in [0.5, 0.6) is 0 Å². The first-order chi connectivity index (χ1) is 20.4. The summed E-state index contributed by atoms with van der Waals surface area (Å²) in [5, 5.41) is 10.7. The molecule has 6 aromatic rings. The molecule has 1 aromatic carbocycles. The van der Waals surface area contributed by atoms with E-state index in [2.05, 4.69) is 47.7 Å². The van der Waals surface area contributed by atoms with E-state index in [9.17, 15) is 14.0 Å². The topological polar surface area (TPSA) is 126 Å². The number of carbonyl (C=O) groups is 2. The minimum Gasteiger partial charge on any atom is -0.357 e. The number of carbonyl (C=O) groups excluding carboxylic acids is 2. The Labute approximate surface area is 242 Å². The fraction of sp³-hybridized carbons (Fsp3) is 0.207. The molecule has 1 fully saturated rings. The quantitative estimate of drug-likeness (QED) is 0.237. The van der Waals surface area contributed by atoms with Crippen LogP contribution in [-0.4, -0.2) is 77.2 Å². The van der Waals surface area contributed by atoms with E-state index < -0.39 is 17.5 Å². The number of benzene rings is 1. The molecule has 0 saturated carbocycles. The fourth-order valence-corrected chi connectivity index (χ4v) is 6.54. The Morgan fingerprint density at radius 3 is 2.69 bits per heavy atom. The van der Waals surface area contributed by atoms with Gasteiger partial charge in [0.1, 0.15) is 16.5 Å². The van der Waals surface area contributed by atoms with Crippen molar-refractivity contribution in [2.45, 2.75) is 19.9 Å². The third kappa shape index (κ3) is 4.20. The Morgan fingerprint density at radius 2 is 1.93 bits per heavy atom. The molecule has 0 unspecified atom stereocenters. The van der Waals surface area contributed by atoms with Gasteiger partial charge in [-0.15, -0.1) is 16.4 Å². The van der Waals surface area contributed by atoms with Crippen LogP contribution in [0.3, 0.4) is 0 Å². The molecule has 11 nitrogen and oxygen atoms in total. The molecule has 0 spiro atoms. The Bertz CT molecular complexity index is 1970. The lowest BCUT2D eigenvalue weighted by molar-refractivity contribution is -0.128. The number of H-pyrrole nitrogens is 1. The number of fused-ring (bicyclic) bond motifs is 2. The van der Waals surface area contributed by atoms with Gasteiger partial charge >= 0.3 is 0 Å². The van der Waals surface area contributed by atoms with Gasteiger partial charge in [-0.1, -0.05) is 35.5 Å². The first-order valence-corrected chi connectivity index (χ1v) is 14.2. The van der Waals surface area contributed by atoms with Gasteiger partial charge < -0.3 is 14.8 Å². The van der Waals surface area contributed by atoms with Crippen LogP contribution in [0.2, 0.25) is 0 Å². The number of nitrogens with one attached hydrogen (secondary N) is 1. The molecule has 1 N–H and O–H groups in total. The maximum absolute atomic E-state index is 14.9. The third-order valence-corrected chi connectivity index (χ3v) is 8.39. The van der Waals surface area contributed by atoms with Crippen molar-refractivity contribution in [3.8, 4) is 16.9 Å². The van der Waals surface area contributed by atoms with E-state index in [0.29, 0.717) is 25.5 Å². The lowest BCUT2D eigenvalue weighted by atomic mass is 10.0. The van der Waals surface area contributed by atoms with Crippen LogP contribution in [0, 0.1) is 12.7 Å². The minimum absolute atomic E-state index is 0.00936. The number of hydrogen-bond donors (Lipinski definition) is 1. The predicted octanol–water partition coefficient (Wildman–Crippen LogP) is 4.18. The second-order valence-corrected chi connectivity index (χ2v) is 11.0. The second kappa shape index (κ2) is 10.1. The second-order valence-electron chi connectivity index (χ2n) is 10.1. The van der Waals surface area contributed by atoms with E-state index in [-0.39, 0.29) is 28.3 Å². The smallest absolute Gasteiger partial charge is 0.295 e. The van der Waals surface area contributed by atoms with Gasteiger partial charge in [0.15, 0.2) is 11.6 Å². The average molecular weight is 582 g/mol. The van der Waals surface area contributed by atoms with Crippen molar-refractivity contribution in [3.05, 3.63) is 77.7 Å². The Hall–Kier alpha value is -5.04. The van der Waals surface area contributed by atoms with Crippen molar-refractivity contribution in [2.75, 3.05) is 24.5 Å². The van der Waals surface area contributed by atoms with Gasteiger partial charge in [-0.2, -0.15) is 0 Å². The molecule has 0 aliphatic carbocycles. The van der Waals surface area contributed by atoms with Gasteiger partial charge in [-0.3, -0.25) is 9.59 Å². The molecule has 42 heavy (non-hydrogen) atoms. The molecule has 1 atom stereocenters. The standard InChI is InChI=1S/C29H24FN9O2S/c1-16-14-37(26-23-20(18-6-4-3-5-7-18)15-42-28(23)35-17(2)34-26)10-11-38(16)29(41)25(40)19-12-31-24-22(19)21(30)13-32-27(24)39-9-8-33-36-39/h3-9,12-13,15-16,31H,10-11,14H2,1-2H3/t16-/m1/s1. The zero-order valence-electron chi connectivity index (χ0n) is 22.7. The van der Waals surface area contributed by atoms with E-state index in [1.54, 1.807) is 22.4 Å². The number of nitrogens with zero attached hydrogens (tertiary/aromatic N) is 8. The van der Waals surface area contributed by atoms with Gasteiger partial charge in [0, 0.05) is 42.8 Å². The zero-order valence-corrected chi connectivity index (χ0v) is 23.5. The number of anilines is 1. The van der Waals surface area contributed by atoms with Crippen molar-refractivity contribution in [2.24, 2.45) is 0 Å². The van der Waals surface area contributed by atoms with Gasteiger partial charge in [0.2, 0.25) is 0 Å². The number of aromatic amines is 1. The molecule has 1 amide bonds. The molecular formula is C29H24FN9O2S. The van der Waals surface area contributed by atoms with Crippen molar-refractivity contribution < 1.29 is 14.0 Å². The number of ketones is 1. The summed E-state index contributed by atoms with van der Waals surface area (Å²) in [4.78, 5) is 48.1. The van der Waals surface area contributed by atoms with Crippen molar-refractivity contribution in [3.63, 3.8) is 0 Å². The highest BCUT2D eigenvalue weighted by Crippen LogP contribution is 2.39. The highest BCUT2D eigenvalue weighted by atomic mass is 32.1. The summed E-state index contributed by atoms with van der Waals surface area (Å²) in [7, 11) is 0. The van der Waals surface area contributed by atoms with Gasteiger partial charge in [-0.05, 0) is 19.4 Å². The van der Waals surface area contributed by atoms with Crippen LogP contribution in [-0.2, 0) is 4.79 Å². The number of rotatable bonds is 5. The van der Waals surface area contributed by atoms with Crippen LogP contribution < -0.4 is 4.90 Å². The van der Waals surface area contributed by atoms with Crippen LogP contribution in [0.1, 0.15) is 23.1 Å². The summed E-state index contributed by atoms with van der Waals surface area (Å²) in [6.45, 7) is 5.02. The van der Waals surface area contributed by atoms with Gasteiger partial charge in [0.25, 0.3) is 11.7 Å². The number of halogens is 1. The summed E-state index contributed by atoms with van der Waals surface area (Å²) in [6.07, 6.45) is 5.37. The normalized spacial score (nSPS) is 15.5. The van der Waals surface area contributed by atoms with E-state index in [1.807, 2.05) is 32.0 Å². The summed E-state index contributed by atoms with van der Waals surface area (Å²) in [5.41, 5.74) is 2.35. The van der Waals surface area contributed by atoms with Crippen molar-refractivity contribution in [1.29, 1.82) is 0 Å². The van der Waals surface area contributed by atoms with E-state index in [0.717, 1.165) is 33.4 Å². The van der Waals surface area contributed by atoms with Crippen LogP contribution in [0.4, 0.5) is 10.2 Å². The molecule has 13 heteroatoms. The van der Waals surface area contributed by atoms with Gasteiger partial charge in [0.05, 0.1) is 40.4 Å². The number of Topliss-reactive ketones (excluding diaryl/α,β-unsaturated/α-hetero) is 1. The van der Waals surface area contributed by atoms with E-state index in [1.165, 1.54) is 17.1 Å². The Morgan fingerprint density at radius 1 is 1.10 bits per heavy atom. The van der Waals surface area contributed by atoms with Crippen LogP contribution >= 0.6 is 11.3 Å². The monoisotopic (exact) mass is 581 g/mol. The molecule has 1 saturated heterocycles. The minimum atomic E-state index is -0.791. The summed E-state index contributed by atoms with van der Waals surface area (Å²) in [5.74, 6) is -0.438. The molecule has 210 valence electrons. The van der Waals surface area contributed by atoms with Crippen LogP contribution in [0.25, 0.3) is 38.1 Å². The molecule has 1 aliphatic heterocycles. The maximum atomic E-state index is 14.9. The van der Waals surface area contributed by atoms with Crippen molar-refractivity contribution in [1.82, 2.24) is 39.8 Å². The predicted molar refractivity (Wildman–Crippen MR) is 156 cm³/mol. The molecule has 0 radical (unpaired) electrons. The number of pyridine rings is 1. The molecule has 6 heterocycles. The molecule has 0 bridgehead atoms. The zero-order chi connectivity index (χ0) is 29.0. The highest BCUT2D eigenvalue weighted by Gasteiger charge is 2.35. The highest BCUT2D eigenvalue weighted by molar-refractivity contribution is 7.17. The Kier molecular flexibility index (Phi) is 6.23. The number of hydrogen-bond acceptors (Lipinski definition) is 9. The lowest BCUT2D eigenvalue weighted by Crippen LogP contribution is -2.56. The van der Waals surface area contributed by atoms with Crippen LogP contribution in [0.15, 0.2) is 60.5 Å². The molecular weight excluding hydrogens is 557 g/mol. The summed E-state index contributed by atoms with van der Waals surface area (Å²) < 4.78 is 16.3. The number of aryl methyl sites for hydroxylation is 1. The molecule has 7 rings (SSSR count). The molecule has 1 aliphatic rings. The van der Waals surface area contributed by atoms with Gasteiger partial charge in [-0.25, -0.2) is 24.0 Å². The lowest BCUT2D eigenvalue weighted by Gasteiger charge is -2.40. The van der Waals surface area contributed by atoms with E-state index >= 15 is 0 Å². The summed E-state index contributed by atoms with van der Waals surface area (Å²) in [6, 6.07) is 9.81. The number of piperazine rings is 1. The van der Waals surface area contributed by atoms with Crippen molar-refractivity contribution >= 4 is 50.0 Å². The fourth-order valence-electron chi connectivity index (χ4n) is 5.55. The maximum Gasteiger partial charge on any atom is 0.295 e. The number of amides is 1. The SMILES string of the molecule is Cc1nc(N2CCN(C(=O)C(=O)c3c[nH]c4c(-n5ccnn5)ncc(F)c34)[C@H](C)C2)c2c(-c3ccccc3)csc2n1. The first kappa shape index (κ1) is 25.9. The molecule has 5 aromatic heterocycles. The first-order valence-electron chi connectivity index (χ1n) is 13.3. The number of thiophene rings is 1. The third-order valence-electron chi connectivity index (χ3n) is 7.52. The van der Waals surface area contributed by atoms with E-state index in [4.69, 9.17) is 4.98 Å². The number of aromatic nitrogens is 7. The Balaban J connectivity index is 1.17. The summed E-state index contributed by atoms with van der Waals surface area (Å²) >= 11 is 1.58. The largest absolute Gasteiger partial charge is 0.357 e.